The molecule has 0 unspecified atom stereocenters. The first-order valence-corrected chi connectivity index (χ1v) is 13.8. The summed E-state index contributed by atoms with van der Waals surface area (Å²) >= 11 is 7.69. The molecule has 4 heterocycles. The summed E-state index contributed by atoms with van der Waals surface area (Å²) in [5, 5.41) is 15.2. The topological polar surface area (TPSA) is 124 Å². The Kier molecular flexibility index (Phi) is 6.99. The summed E-state index contributed by atoms with van der Waals surface area (Å²) in [6, 6.07) is 13.4. The zero-order valence-corrected chi connectivity index (χ0v) is 22.4. The molecule has 10 nitrogen and oxygen atoms in total. The second-order valence-electron chi connectivity index (χ2n) is 9.38. The largest absolute Gasteiger partial charge is 0.339 e. The molecule has 4 aromatic rings. The number of nitrogens with one attached hydrogen (secondary N) is 4. The second kappa shape index (κ2) is 10.9. The van der Waals surface area contributed by atoms with Crippen molar-refractivity contribution in [3.05, 3.63) is 81.4 Å². The SMILES string of the molecule is O=C(Nc1ccc2cc1CCc1cccc(c1)Nc1ncc(Cl)c(n1)N2)N[C@H]1CCN(C(=O)c2nccs2)C1. The molecule has 6 bridgehead atoms. The van der Waals surface area contributed by atoms with Crippen LogP contribution in [0.5, 0.6) is 0 Å². The summed E-state index contributed by atoms with van der Waals surface area (Å²) in [5.41, 5.74) is 4.48. The molecular formula is C27H25ClN8O2S. The first kappa shape index (κ1) is 25.1. The highest BCUT2D eigenvalue weighted by Crippen LogP contribution is 2.29. The fourth-order valence-electron chi connectivity index (χ4n) is 4.74. The molecule has 39 heavy (non-hydrogen) atoms. The van der Waals surface area contributed by atoms with Crippen LogP contribution >= 0.6 is 22.9 Å². The van der Waals surface area contributed by atoms with E-state index < -0.39 is 0 Å². The number of aromatic nitrogens is 3. The number of carbonyl (C=O) groups excluding carboxylic acids is 2. The van der Waals surface area contributed by atoms with Crippen LogP contribution in [-0.2, 0) is 12.8 Å². The lowest BCUT2D eigenvalue weighted by molar-refractivity contribution is 0.0789. The molecule has 3 amide bonds. The van der Waals surface area contributed by atoms with Crippen LogP contribution in [0.1, 0.15) is 27.3 Å². The predicted molar refractivity (Wildman–Crippen MR) is 152 cm³/mol. The molecule has 0 spiro atoms. The number of likely N-dealkylation sites (tertiary alicyclic amines) is 1. The monoisotopic (exact) mass is 560 g/mol. The van der Waals surface area contributed by atoms with Gasteiger partial charge in [0.1, 0.15) is 5.02 Å². The first-order chi connectivity index (χ1) is 19.0. The van der Waals surface area contributed by atoms with Crippen molar-refractivity contribution in [1.82, 2.24) is 25.2 Å². The van der Waals surface area contributed by atoms with Gasteiger partial charge in [-0.3, -0.25) is 4.79 Å². The second-order valence-corrected chi connectivity index (χ2v) is 10.7. The van der Waals surface area contributed by atoms with Gasteiger partial charge >= 0.3 is 6.03 Å². The third kappa shape index (κ3) is 5.79. The molecule has 6 rings (SSSR count). The van der Waals surface area contributed by atoms with E-state index in [1.165, 1.54) is 11.3 Å². The molecule has 1 saturated heterocycles. The van der Waals surface area contributed by atoms with Gasteiger partial charge in [0, 0.05) is 47.8 Å². The van der Waals surface area contributed by atoms with Gasteiger partial charge < -0.3 is 26.2 Å². The van der Waals surface area contributed by atoms with Crippen molar-refractivity contribution >= 4 is 63.7 Å². The van der Waals surface area contributed by atoms with Crippen molar-refractivity contribution in [1.29, 1.82) is 0 Å². The summed E-state index contributed by atoms with van der Waals surface area (Å²) in [6.07, 6.45) is 5.33. The summed E-state index contributed by atoms with van der Waals surface area (Å²) in [5.74, 6) is 0.818. The molecule has 1 fully saturated rings. The molecular weight excluding hydrogens is 536 g/mol. The smallest absolute Gasteiger partial charge is 0.319 e. The molecule has 1 atom stereocenters. The van der Waals surface area contributed by atoms with Crippen LogP contribution in [0.4, 0.5) is 33.6 Å². The van der Waals surface area contributed by atoms with Crippen LogP contribution in [0.15, 0.2) is 60.2 Å². The zero-order valence-electron chi connectivity index (χ0n) is 20.8. The van der Waals surface area contributed by atoms with Crippen molar-refractivity contribution < 1.29 is 9.59 Å². The van der Waals surface area contributed by atoms with Crippen LogP contribution in [0.25, 0.3) is 0 Å². The number of urea groups is 1. The molecule has 0 aliphatic carbocycles. The van der Waals surface area contributed by atoms with Crippen LogP contribution in [0.2, 0.25) is 5.02 Å². The summed E-state index contributed by atoms with van der Waals surface area (Å²) in [4.78, 5) is 40.2. The average molecular weight is 561 g/mol. The van der Waals surface area contributed by atoms with Crippen LogP contribution < -0.4 is 21.3 Å². The molecule has 198 valence electrons. The van der Waals surface area contributed by atoms with Gasteiger partial charge in [-0.15, -0.1) is 11.3 Å². The fraction of sp³-hybridized carbons (Fsp3) is 0.222. The van der Waals surface area contributed by atoms with Gasteiger partial charge in [-0.25, -0.2) is 14.8 Å². The van der Waals surface area contributed by atoms with Gasteiger partial charge in [-0.1, -0.05) is 23.7 Å². The Balaban J connectivity index is 1.19. The van der Waals surface area contributed by atoms with E-state index in [-0.39, 0.29) is 18.0 Å². The highest BCUT2D eigenvalue weighted by molar-refractivity contribution is 7.11. The van der Waals surface area contributed by atoms with E-state index in [1.807, 2.05) is 30.3 Å². The van der Waals surface area contributed by atoms with Crippen molar-refractivity contribution in [2.45, 2.75) is 25.3 Å². The number of rotatable bonds is 3. The highest BCUT2D eigenvalue weighted by Gasteiger charge is 2.29. The van der Waals surface area contributed by atoms with E-state index in [9.17, 15) is 9.59 Å². The third-order valence-corrected chi connectivity index (χ3v) is 7.69. The molecule has 0 radical (unpaired) electrons. The Morgan fingerprint density at radius 3 is 2.85 bits per heavy atom. The number of carbonyl (C=O) groups is 2. The van der Waals surface area contributed by atoms with Gasteiger partial charge in [-0.05, 0) is 60.7 Å². The summed E-state index contributed by atoms with van der Waals surface area (Å²) < 4.78 is 0. The van der Waals surface area contributed by atoms with Crippen molar-refractivity contribution in [3.8, 4) is 0 Å². The Labute approximate surface area is 233 Å². The standard InChI is InChI=1S/C27H25ClN8O2S/c28-21-14-30-26-32-18-3-1-2-16(12-18)4-5-17-13-19(31-23(21)35-26)6-7-22(17)34-27(38)33-20-8-10-36(15-20)25(37)24-29-9-11-39-24/h1-3,6-7,9,11-14,20H,4-5,8,10,15H2,(H2,33,34,38)(H2,30,31,32,35)/t20-/m0/s1. The van der Waals surface area contributed by atoms with Crippen molar-refractivity contribution in [2.24, 2.45) is 0 Å². The number of aryl methyl sites for hydroxylation is 2. The first-order valence-electron chi connectivity index (χ1n) is 12.5. The van der Waals surface area contributed by atoms with Gasteiger partial charge in [-0.2, -0.15) is 4.98 Å². The number of fused-ring (bicyclic) bond motifs is 6. The average Bonchev–Trinajstić information content (AvgIpc) is 3.63. The van der Waals surface area contributed by atoms with E-state index >= 15 is 0 Å². The fourth-order valence-corrected chi connectivity index (χ4v) is 5.48. The third-order valence-electron chi connectivity index (χ3n) is 6.65. The van der Waals surface area contributed by atoms with E-state index in [2.05, 4.69) is 48.4 Å². The quantitative estimate of drug-likeness (QED) is 0.271. The van der Waals surface area contributed by atoms with Gasteiger partial charge in [0.25, 0.3) is 5.91 Å². The van der Waals surface area contributed by atoms with Gasteiger partial charge in [0.2, 0.25) is 5.95 Å². The molecule has 2 aliphatic heterocycles. The number of hydrogen-bond donors (Lipinski definition) is 4. The van der Waals surface area contributed by atoms with Gasteiger partial charge in [0.05, 0.1) is 6.20 Å². The lowest BCUT2D eigenvalue weighted by Gasteiger charge is -2.18. The molecule has 4 N–H and O–H groups in total. The number of anilines is 5. The maximum atomic E-state index is 13.0. The number of nitrogens with zero attached hydrogens (tertiary/aromatic N) is 4. The Hall–Kier alpha value is -4.22. The normalized spacial score (nSPS) is 16.1. The predicted octanol–water partition coefficient (Wildman–Crippen LogP) is 5.21. The molecule has 0 saturated carbocycles. The van der Waals surface area contributed by atoms with Crippen LogP contribution in [0.3, 0.4) is 0 Å². The summed E-state index contributed by atoms with van der Waals surface area (Å²) in [6.45, 7) is 1.03. The van der Waals surface area contributed by atoms with E-state index in [0.29, 0.717) is 53.4 Å². The van der Waals surface area contributed by atoms with E-state index in [4.69, 9.17) is 11.6 Å². The minimum atomic E-state index is -0.307. The summed E-state index contributed by atoms with van der Waals surface area (Å²) in [7, 11) is 0. The Bertz CT molecular complexity index is 1530. The Morgan fingerprint density at radius 1 is 1.08 bits per heavy atom. The highest BCUT2D eigenvalue weighted by atomic mass is 35.5. The van der Waals surface area contributed by atoms with Crippen molar-refractivity contribution in [2.75, 3.05) is 29.0 Å². The maximum absolute atomic E-state index is 13.0. The molecule has 2 aromatic carbocycles. The van der Waals surface area contributed by atoms with Crippen LogP contribution in [-0.4, -0.2) is 50.9 Å². The number of amides is 3. The molecule has 2 aromatic heterocycles. The lowest BCUT2D eigenvalue weighted by atomic mass is 10.0. The van der Waals surface area contributed by atoms with E-state index in [1.54, 1.807) is 22.7 Å². The minimum absolute atomic E-state index is 0.0979. The zero-order chi connectivity index (χ0) is 26.8. The number of halogens is 1. The van der Waals surface area contributed by atoms with Crippen molar-refractivity contribution in [3.63, 3.8) is 0 Å². The van der Waals surface area contributed by atoms with Gasteiger partial charge in [0.15, 0.2) is 10.8 Å². The van der Waals surface area contributed by atoms with Crippen LogP contribution in [0, 0.1) is 0 Å². The molecule has 2 aliphatic rings. The number of hydrogen-bond acceptors (Lipinski definition) is 8. The lowest BCUT2D eigenvalue weighted by Crippen LogP contribution is -2.40. The molecule has 12 heteroatoms. The number of thiazole rings is 1. The maximum Gasteiger partial charge on any atom is 0.319 e. The Morgan fingerprint density at radius 2 is 1.97 bits per heavy atom. The minimum Gasteiger partial charge on any atom is -0.339 e. The van der Waals surface area contributed by atoms with E-state index in [0.717, 1.165) is 28.9 Å². The number of benzene rings is 2.